The number of rotatable bonds is 10. The summed E-state index contributed by atoms with van der Waals surface area (Å²) in [6, 6.07) is 25.4. The fourth-order valence-electron chi connectivity index (χ4n) is 2.94. The van der Waals surface area contributed by atoms with E-state index >= 15 is 0 Å². The molecule has 0 saturated carbocycles. The van der Waals surface area contributed by atoms with Crippen molar-refractivity contribution >= 4 is 33.4 Å². The Hall–Kier alpha value is -2.77. The van der Waals surface area contributed by atoms with Crippen LogP contribution in [0.25, 0.3) is 0 Å². The number of hydrogen-bond acceptors (Lipinski definition) is 4. The molecule has 0 saturated heterocycles. The molecule has 31 heavy (non-hydrogen) atoms. The molecule has 0 aromatic heterocycles. The van der Waals surface area contributed by atoms with Gasteiger partial charge in [-0.25, -0.2) is 8.42 Å². The first-order chi connectivity index (χ1) is 15.0. The predicted molar refractivity (Wildman–Crippen MR) is 127 cm³/mol. The maximum Gasteiger partial charge on any atom is 0.264 e. The molecule has 5 nitrogen and oxygen atoms in total. The van der Waals surface area contributed by atoms with Crippen molar-refractivity contribution in [2.75, 3.05) is 23.1 Å². The Morgan fingerprint density at radius 3 is 2.16 bits per heavy atom. The van der Waals surface area contributed by atoms with Crippen molar-refractivity contribution < 1.29 is 13.2 Å². The van der Waals surface area contributed by atoms with Gasteiger partial charge in [0.25, 0.3) is 10.0 Å². The van der Waals surface area contributed by atoms with Crippen molar-refractivity contribution in [1.29, 1.82) is 0 Å². The molecular weight excluding hydrogens is 428 g/mol. The van der Waals surface area contributed by atoms with Crippen LogP contribution < -0.4 is 9.62 Å². The molecule has 3 aromatic rings. The second-order valence-electron chi connectivity index (χ2n) is 7.03. The molecule has 1 N–H and O–H groups in total. The molecular formula is C24H26N2O3S2. The SMILES string of the molecule is Cc1ccc(S(=O)(=O)N(CC(=O)NCCCSc2ccccc2)c2ccccc2)cc1. The molecule has 0 atom stereocenters. The number of aryl methyl sites for hydroxylation is 1. The van der Waals surface area contributed by atoms with E-state index in [9.17, 15) is 13.2 Å². The van der Waals surface area contributed by atoms with Gasteiger partial charge in [-0.1, -0.05) is 54.1 Å². The van der Waals surface area contributed by atoms with Crippen molar-refractivity contribution in [3.63, 3.8) is 0 Å². The zero-order chi connectivity index (χ0) is 22.1. The van der Waals surface area contributed by atoms with Crippen LogP contribution >= 0.6 is 11.8 Å². The van der Waals surface area contributed by atoms with E-state index < -0.39 is 10.0 Å². The zero-order valence-electron chi connectivity index (χ0n) is 17.4. The molecule has 0 heterocycles. The van der Waals surface area contributed by atoms with E-state index in [0.717, 1.165) is 22.0 Å². The maximum atomic E-state index is 13.3. The number of amides is 1. The summed E-state index contributed by atoms with van der Waals surface area (Å²) in [5, 5.41) is 2.84. The topological polar surface area (TPSA) is 66.5 Å². The summed E-state index contributed by atoms with van der Waals surface area (Å²) in [6.07, 6.45) is 0.793. The molecule has 0 fully saturated rings. The van der Waals surface area contributed by atoms with Gasteiger partial charge < -0.3 is 5.32 Å². The van der Waals surface area contributed by atoms with E-state index in [2.05, 4.69) is 17.4 Å². The summed E-state index contributed by atoms with van der Waals surface area (Å²) in [5.74, 6) is 0.540. The summed E-state index contributed by atoms with van der Waals surface area (Å²) in [6.45, 7) is 2.12. The van der Waals surface area contributed by atoms with Gasteiger partial charge in [0.05, 0.1) is 10.6 Å². The Kier molecular flexibility index (Phi) is 8.14. The van der Waals surface area contributed by atoms with Crippen molar-refractivity contribution in [2.45, 2.75) is 23.1 Å². The summed E-state index contributed by atoms with van der Waals surface area (Å²) in [4.78, 5) is 13.9. The normalized spacial score (nSPS) is 11.1. The number of para-hydroxylation sites is 1. The second-order valence-corrected chi connectivity index (χ2v) is 10.1. The third-order valence-corrected chi connectivity index (χ3v) is 7.48. The molecule has 162 valence electrons. The molecule has 0 radical (unpaired) electrons. The van der Waals surface area contributed by atoms with Gasteiger partial charge in [-0.15, -0.1) is 11.8 Å². The number of thioether (sulfide) groups is 1. The predicted octanol–water partition coefficient (Wildman–Crippen LogP) is 4.49. The van der Waals surface area contributed by atoms with Crippen LogP contribution in [0.4, 0.5) is 5.69 Å². The average Bonchev–Trinajstić information content (AvgIpc) is 2.79. The first kappa shape index (κ1) is 22.9. The largest absolute Gasteiger partial charge is 0.354 e. The van der Waals surface area contributed by atoms with E-state index in [4.69, 9.17) is 0 Å². The Labute approximate surface area is 188 Å². The lowest BCUT2D eigenvalue weighted by atomic mass is 10.2. The molecule has 0 aliphatic carbocycles. The molecule has 0 bridgehead atoms. The third kappa shape index (κ3) is 6.60. The minimum absolute atomic E-state index is 0.161. The third-order valence-electron chi connectivity index (χ3n) is 4.60. The van der Waals surface area contributed by atoms with Gasteiger partial charge in [0.1, 0.15) is 6.54 Å². The van der Waals surface area contributed by atoms with Crippen molar-refractivity contribution in [3.05, 3.63) is 90.5 Å². The van der Waals surface area contributed by atoms with Crippen molar-refractivity contribution in [3.8, 4) is 0 Å². The second kappa shape index (κ2) is 11.0. The number of anilines is 1. The fourth-order valence-corrected chi connectivity index (χ4v) is 5.23. The fraction of sp³-hybridized carbons (Fsp3) is 0.208. The number of benzene rings is 3. The highest BCUT2D eigenvalue weighted by Crippen LogP contribution is 2.23. The van der Waals surface area contributed by atoms with Crippen LogP contribution in [0, 0.1) is 6.92 Å². The lowest BCUT2D eigenvalue weighted by molar-refractivity contribution is -0.119. The number of nitrogens with one attached hydrogen (secondary N) is 1. The molecule has 0 unspecified atom stereocenters. The van der Waals surface area contributed by atoms with Gasteiger partial charge in [-0.3, -0.25) is 9.10 Å². The van der Waals surface area contributed by atoms with E-state index in [-0.39, 0.29) is 17.3 Å². The average molecular weight is 455 g/mol. The Morgan fingerprint density at radius 1 is 0.903 bits per heavy atom. The minimum atomic E-state index is -3.87. The summed E-state index contributed by atoms with van der Waals surface area (Å²) >= 11 is 1.73. The van der Waals surface area contributed by atoms with Gasteiger partial charge in [-0.05, 0) is 55.5 Å². The van der Waals surface area contributed by atoms with Crippen LogP contribution in [-0.2, 0) is 14.8 Å². The number of nitrogens with zero attached hydrogens (tertiary/aromatic N) is 1. The Bertz CT molecular complexity index is 1070. The first-order valence-corrected chi connectivity index (χ1v) is 12.5. The molecule has 3 aromatic carbocycles. The number of sulfonamides is 1. The van der Waals surface area contributed by atoms with Crippen LogP contribution in [0.15, 0.2) is 94.7 Å². The van der Waals surface area contributed by atoms with Gasteiger partial charge >= 0.3 is 0 Å². The Morgan fingerprint density at radius 2 is 1.52 bits per heavy atom. The van der Waals surface area contributed by atoms with Crippen molar-refractivity contribution in [2.24, 2.45) is 0 Å². The van der Waals surface area contributed by atoms with E-state index in [1.807, 2.05) is 31.2 Å². The first-order valence-electron chi connectivity index (χ1n) is 10.1. The molecule has 0 aliphatic rings. The monoisotopic (exact) mass is 454 g/mol. The molecule has 1 amide bonds. The lowest BCUT2D eigenvalue weighted by Gasteiger charge is -2.24. The lowest BCUT2D eigenvalue weighted by Crippen LogP contribution is -2.41. The Balaban J connectivity index is 1.62. The molecule has 0 spiro atoms. The number of carbonyl (C=O) groups excluding carboxylic acids is 1. The maximum absolute atomic E-state index is 13.3. The summed E-state index contributed by atoms with van der Waals surface area (Å²) < 4.78 is 27.7. The zero-order valence-corrected chi connectivity index (χ0v) is 19.0. The van der Waals surface area contributed by atoms with E-state index in [1.165, 1.54) is 4.90 Å². The van der Waals surface area contributed by atoms with Crippen LogP contribution in [0.5, 0.6) is 0 Å². The van der Waals surface area contributed by atoms with Crippen LogP contribution in [0.2, 0.25) is 0 Å². The summed E-state index contributed by atoms with van der Waals surface area (Å²) in [7, 11) is -3.87. The van der Waals surface area contributed by atoms with Gasteiger partial charge in [0.15, 0.2) is 0 Å². The molecule has 0 aliphatic heterocycles. The van der Waals surface area contributed by atoms with Gasteiger partial charge in [0, 0.05) is 11.4 Å². The summed E-state index contributed by atoms with van der Waals surface area (Å²) in [5.41, 5.74) is 1.43. The molecule has 7 heteroatoms. The highest BCUT2D eigenvalue weighted by Gasteiger charge is 2.26. The minimum Gasteiger partial charge on any atom is -0.354 e. The molecule has 3 rings (SSSR count). The smallest absolute Gasteiger partial charge is 0.264 e. The van der Waals surface area contributed by atoms with E-state index in [0.29, 0.717) is 12.2 Å². The van der Waals surface area contributed by atoms with Crippen molar-refractivity contribution in [1.82, 2.24) is 5.32 Å². The highest BCUT2D eigenvalue weighted by atomic mass is 32.2. The van der Waals surface area contributed by atoms with Gasteiger partial charge in [-0.2, -0.15) is 0 Å². The van der Waals surface area contributed by atoms with Gasteiger partial charge in [0.2, 0.25) is 5.91 Å². The number of hydrogen-bond donors (Lipinski definition) is 1. The highest BCUT2D eigenvalue weighted by molar-refractivity contribution is 7.99. The van der Waals surface area contributed by atoms with E-state index in [1.54, 1.807) is 60.3 Å². The van der Waals surface area contributed by atoms with Crippen LogP contribution in [0.3, 0.4) is 0 Å². The standard InChI is InChI=1S/C24H26N2O3S2/c1-20-13-15-23(16-14-20)31(28,29)26(21-9-4-2-5-10-21)19-24(27)25-17-8-18-30-22-11-6-3-7-12-22/h2-7,9-16H,8,17-19H2,1H3,(H,25,27). The van der Waals surface area contributed by atoms with Crippen LogP contribution in [-0.4, -0.2) is 33.2 Å². The number of carbonyl (C=O) groups is 1. The quantitative estimate of drug-likeness (QED) is 0.362. The van der Waals surface area contributed by atoms with Crippen LogP contribution in [0.1, 0.15) is 12.0 Å².